The Bertz CT molecular complexity index is 906. The molecule has 5 nitrogen and oxygen atoms in total. The van der Waals surface area contributed by atoms with Crippen molar-refractivity contribution < 1.29 is 0 Å². The van der Waals surface area contributed by atoms with Crippen LogP contribution in [0.25, 0.3) is 16.9 Å². The predicted octanol–water partition coefficient (Wildman–Crippen LogP) is 4.85. The second kappa shape index (κ2) is 7.29. The van der Waals surface area contributed by atoms with Crippen molar-refractivity contribution in [3.8, 4) is 5.95 Å². The molecule has 0 N–H and O–H groups in total. The highest BCUT2D eigenvalue weighted by atomic mass is 15.4. The minimum absolute atomic E-state index is 0.665. The van der Waals surface area contributed by atoms with Gasteiger partial charge in [-0.25, -0.2) is 9.67 Å². The maximum Gasteiger partial charge on any atom is 0.253 e. The third-order valence-corrected chi connectivity index (χ3v) is 6.13. The number of anilines is 1. The SMILES string of the molecule is c1cnn(-c2nc(N3CCCCC3)c3cc(C4CCCCC4)ccc3n2)c1. The van der Waals surface area contributed by atoms with E-state index in [0.717, 1.165) is 24.4 Å². The Balaban J connectivity index is 1.62. The lowest BCUT2D eigenvalue weighted by molar-refractivity contribution is 0.444. The fraction of sp³-hybridized carbons (Fsp3) is 0.500. The number of hydrogen-bond acceptors (Lipinski definition) is 4. The molecule has 1 aliphatic heterocycles. The zero-order valence-corrected chi connectivity index (χ0v) is 15.8. The molecule has 140 valence electrons. The van der Waals surface area contributed by atoms with Crippen LogP contribution in [0.3, 0.4) is 0 Å². The van der Waals surface area contributed by atoms with E-state index in [2.05, 4.69) is 28.2 Å². The van der Waals surface area contributed by atoms with Crippen molar-refractivity contribution >= 4 is 16.7 Å². The fourth-order valence-electron chi connectivity index (χ4n) is 4.64. The van der Waals surface area contributed by atoms with Crippen LogP contribution in [0.4, 0.5) is 5.82 Å². The Labute approximate surface area is 160 Å². The lowest BCUT2D eigenvalue weighted by atomic mass is 9.84. The first-order valence-electron chi connectivity index (χ1n) is 10.5. The second-order valence-corrected chi connectivity index (χ2v) is 7.96. The van der Waals surface area contributed by atoms with E-state index in [0.29, 0.717) is 11.9 Å². The lowest BCUT2D eigenvalue weighted by Crippen LogP contribution is -2.30. The van der Waals surface area contributed by atoms with E-state index in [4.69, 9.17) is 9.97 Å². The highest BCUT2D eigenvalue weighted by molar-refractivity contribution is 5.90. The van der Waals surface area contributed by atoms with E-state index >= 15 is 0 Å². The minimum atomic E-state index is 0.665. The lowest BCUT2D eigenvalue weighted by Gasteiger charge is -2.29. The van der Waals surface area contributed by atoms with Crippen LogP contribution < -0.4 is 4.90 Å². The van der Waals surface area contributed by atoms with Gasteiger partial charge in [-0.15, -0.1) is 0 Å². The molecule has 0 unspecified atom stereocenters. The first-order valence-corrected chi connectivity index (χ1v) is 10.5. The number of rotatable bonds is 3. The number of piperidine rings is 1. The first-order chi connectivity index (χ1) is 13.4. The molecule has 0 spiro atoms. The third kappa shape index (κ3) is 3.31. The quantitative estimate of drug-likeness (QED) is 0.669. The maximum absolute atomic E-state index is 4.97. The molecular weight excluding hydrogens is 334 g/mol. The maximum atomic E-state index is 4.97. The monoisotopic (exact) mass is 361 g/mol. The van der Waals surface area contributed by atoms with Crippen molar-refractivity contribution in [3.63, 3.8) is 0 Å². The van der Waals surface area contributed by atoms with E-state index in [1.54, 1.807) is 10.9 Å². The summed E-state index contributed by atoms with van der Waals surface area (Å²) in [5.41, 5.74) is 2.49. The Morgan fingerprint density at radius 2 is 1.70 bits per heavy atom. The molecule has 0 radical (unpaired) electrons. The minimum Gasteiger partial charge on any atom is -0.356 e. The molecule has 5 heteroatoms. The van der Waals surface area contributed by atoms with Gasteiger partial charge in [0.05, 0.1) is 5.52 Å². The zero-order chi connectivity index (χ0) is 18.1. The number of aromatic nitrogens is 4. The normalized spacial score (nSPS) is 18.9. The summed E-state index contributed by atoms with van der Waals surface area (Å²) >= 11 is 0. The van der Waals surface area contributed by atoms with Gasteiger partial charge in [0.25, 0.3) is 5.95 Å². The third-order valence-electron chi connectivity index (χ3n) is 6.13. The summed E-state index contributed by atoms with van der Waals surface area (Å²) in [7, 11) is 0. The van der Waals surface area contributed by atoms with Crippen molar-refractivity contribution in [2.75, 3.05) is 18.0 Å². The van der Waals surface area contributed by atoms with E-state index in [1.165, 1.54) is 62.3 Å². The largest absolute Gasteiger partial charge is 0.356 e. The smallest absolute Gasteiger partial charge is 0.253 e. The fourth-order valence-corrected chi connectivity index (χ4v) is 4.64. The van der Waals surface area contributed by atoms with Gasteiger partial charge in [0.15, 0.2) is 0 Å². The Hall–Kier alpha value is -2.43. The predicted molar refractivity (Wildman–Crippen MR) is 109 cm³/mol. The van der Waals surface area contributed by atoms with E-state index in [9.17, 15) is 0 Å². The van der Waals surface area contributed by atoms with Crippen molar-refractivity contribution in [2.24, 2.45) is 0 Å². The summed E-state index contributed by atoms with van der Waals surface area (Å²) in [6.45, 7) is 2.16. The van der Waals surface area contributed by atoms with Crippen LogP contribution >= 0.6 is 0 Å². The van der Waals surface area contributed by atoms with E-state index in [-0.39, 0.29) is 0 Å². The molecule has 0 bridgehead atoms. The molecule has 0 atom stereocenters. The van der Waals surface area contributed by atoms with Gasteiger partial charge >= 0.3 is 0 Å². The standard InChI is InChI=1S/C22H27N5/c1-3-8-17(9-4-1)18-10-11-20-19(16-18)21(26-13-5-2-6-14-26)25-22(24-20)27-15-7-12-23-27/h7,10-12,15-17H,1-6,8-9,13-14H2. The van der Waals surface area contributed by atoms with Crippen molar-refractivity contribution in [1.82, 2.24) is 19.7 Å². The van der Waals surface area contributed by atoms with Gasteiger partial charge in [-0.2, -0.15) is 10.1 Å². The van der Waals surface area contributed by atoms with Crippen LogP contribution in [0.15, 0.2) is 36.7 Å². The molecule has 2 aliphatic rings. The number of fused-ring (bicyclic) bond motifs is 1. The molecule has 1 aromatic carbocycles. The topological polar surface area (TPSA) is 46.8 Å². The molecule has 5 rings (SSSR count). The van der Waals surface area contributed by atoms with Crippen LogP contribution in [0, 0.1) is 0 Å². The van der Waals surface area contributed by atoms with Crippen LogP contribution in [-0.4, -0.2) is 32.8 Å². The van der Waals surface area contributed by atoms with Gasteiger partial charge in [0.2, 0.25) is 0 Å². The van der Waals surface area contributed by atoms with Gasteiger partial charge in [0.1, 0.15) is 5.82 Å². The van der Waals surface area contributed by atoms with E-state index < -0.39 is 0 Å². The summed E-state index contributed by atoms with van der Waals surface area (Å²) in [5.74, 6) is 2.45. The molecule has 3 aromatic rings. The van der Waals surface area contributed by atoms with Crippen molar-refractivity contribution in [2.45, 2.75) is 57.3 Å². The number of benzene rings is 1. The summed E-state index contributed by atoms with van der Waals surface area (Å²) in [4.78, 5) is 12.2. The number of nitrogens with zero attached hydrogens (tertiary/aromatic N) is 5. The average molecular weight is 361 g/mol. The molecule has 1 saturated heterocycles. The molecule has 2 fully saturated rings. The highest BCUT2D eigenvalue weighted by Gasteiger charge is 2.21. The van der Waals surface area contributed by atoms with Crippen LogP contribution in [0.1, 0.15) is 62.8 Å². The molecule has 27 heavy (non-hydrogen) atoms. The van der Waals surface area contributed by atoms with Crippen LogP contribution in [-0.2, 0) is 0 Å². The molecule has 1 saturated carbocycles. The van der Waals surface area contributed by atoms with Gasteiger partial charge in [-0.1, -0.05) is 25.3 Å². The summed E-state index contributed by atoms with van der Waals surface area (Å²) in [6, 6.07) is 8.78. The van der Waals surface area contributed by atoms with E-state index in [1.807, 2.05) is 12.3 Å². The van der Waals surface area contributed by atoms with Gasteiger partial charge in [0, 0.05) is 30.9 Å². The van der Waals surface area contributed by atoms with Crippen molar-refractivity contribution in [1.29, 1.82) is 0 Å². The Morgan fingerprint density at radius 1 is 0.889 bits per heavy atom. The molecule has 1 aliphatic carbocycles. The highest BCUT2D eigenvalue weighted by Crippen LogP contribution is 2.36. The average Bonchev–Trinajstić information content (AvgIpc) is 3.29. The van der Waals surface area contributed by atoms with Gasteiger partial charge < -0.3 is 4.90 Å². The Morgan fingerprint density at radius 3 is 2.48 bits per heavy atom. The second-order valence-electron chi connectivity index (χ2n) is 7.96. The summed E-state index contributed by atoms with van der Waals surface area (Å²) in [6.07, 6.45) is 14.2. The van der Waals surface area contributed by atoms with Gasteiger partial charge in [-0.3, -0.25) is 0 Å². The zero-order valence-electron chi connectivity index (χ0n) is 15.8. The Kier molecular flexibility index (Phi) is 4.52. The first kappa shape index (κ1) is 16.7. The molecular formula is C22H27N5. The van der Waals surface area contributed by atoms with Crippen molar-refractivity contribution in [3.05, 3.63) is 42.2 Å². The molecule has 2 aromatic heterocycles. The van der Waals surface area contributed by atoms with Gasteiger partial charge in [-0.05, 0) is 61.8 Å². The summed E-state index contributed by atoms with van der Waals surface area (Å²) in [5, 5.41) is 5.55. The number of hydrogen-bond donors (Lipinski definition) is 0. The molecule has 0 amide bonds. The van der Waals surface area contributed by atoms with Crippen LogP contribution in [0.2, 0.25) is 0 Å². The molecule has 3 heterocycles. The van der Waals surface area contributed by atoms with Crippen LogP contribution in [0.5, 0.6) is 0 Å². The summed E-state index contributed by atoms with van der Waals surface area (Å²) < 4.78 is 1.77.